The van der Waals surface area contributed by atoms with E-state index < -0.39 is 12.1 Å². The van der Waals surface area contributed by atoms with E-state index in [9.17, 15) is 14.7 Å². The number of aromatic nitrogens is 2. The van der Waals surface area contributed by atoms with Crippen molar-refractivity contribution in [2.45, 2.75) is 44.9 Å². The molecular formula is C33H38N6O3. The van der Waals surface area contributed by atoms with Crippen LogP contribution in [0.1, 0.15) is 41.3 Å². The highest BCUT2D eigenvalue weighted by atomic mass is 16.3. The second-order valence-corrected chi connectivity index (χ2v) is 10.6. The molecule has 1 aromatic heterocycles. The van der Waals surface area contributed by atoms with Gasteiger partial charge in [0.25, 0.3) is 5.91 Å². The monoisotopic (exact) mass is 566 g/mol. The maximum absolute atomic E-state index is 13.8. The van der Waals surface area contributed by atoms with Gasteiger partial charge in [0.05, 0.1) is 25.2 Å². The number of anilines is 2. The molecule has 0 bridgehead atoms. The van der Waals surface area contributed by atoms with Crippen LogP contribution in [0.5, 0.6) is 0 Å². The van der Waals surface area contributed by atoms with E-state index in [4.69, 9.17) is 0 Å². The molecule has 2 amide bonds. The van der Waals surface area contributed by atoms with Gasteiger partial charge in [-0.25, -0.2) is 4.98 Å². The number of nitrogens with zero attached hydrogens (tertiary/aromatic N) is 4. The van der Waals surface area contributed by atoms with Gasteiger partial charge in [-0.1, -0.05) is 60.7 Å². The first-order chi connectivity index (χ1) is 20.5. The van der Waals surface area contributed by atoms with Crippen LogP contribution in [0.4, 0.5) is 11.4 Å². The smallest absolute Gasteiger partial charge is 0.251 e. The molecule has 0 radical (unpaired) electrons. The molecule has 1 aliphatic heterocycles. The molecule has 3 aromatic carbocycles. The Morgan fingerprint density at radius 1 is 1.05 bits per heavy atom. The molecule has 218 valence electrons. The van der Waals surface area contributed by atoms with Crippen LogP contribution in [0.3, 0.4) is 0 Å². The molecule has 2 atom stereocenters. The van der Waals surface area contributed by atoms with Crippen molar-refractivity contribution in [1.82, 2.24) is 15.0 Å². The van der Waals surface area contributed by atoms with E-state index in [2.05, 4.69) is 15.6 Å². The molecule has 4 aromatic rings. The standard InChI is InChI=1S/C33H38N6O3/c1-2-35-28-19-27(20-29(21-28)39-16-9-14-32(39)41)33(42)36-30(18-25-10-5-3-6-11-25)31(40)23-38(37-17-15-34-24-37)22-26-12-7-4-8-13-26/h3-8,10-13,15,17,19-21,24,30-31,35,40H,2,9,14,16,18,22-23H2,1H3,(H,36,42). The zero-order chi connectivity index (χ0) is 29.3. The normalized spacial score (nSPS) is 14.4. The second-order valence-electron chi connectivity index (χ2n) is 10.6. The zero-order valence-electron chi connectivity index (χ0n) is 23.9. The summed E-state index contributed by atoms with van der Waals surface area (Å²) in [7, 11) is 0. The molecule has 0 saturated carbocycles. The van der Waals surface area contributed by atoms with Gasteiger partial charge in [0.1, 0.15) is 6.33 Å². The molecule has 42 heavy (non-hydrogen) atoms. The Bertz CT molecular complexity index is 1450. The lowest BCUT2D eigenvalue weighted by molar-refractivity contribution is -0.117. The number of rotatable bonds is 13. The number of nitrogens with one attached hydrogen (secondary N) is 2. The fourth-order valence-electron chi connectivity index (χ4n) is 5.33. The maximum atomic E-state index is 13.8. The molecule has 2 heterocycles. The van der Waals surface area contributed by atoms with Crippen LogP contribution in [-0.2, 0) is 17.8 Å². The fourth-order valence-corrected chi connectivity index (χ4v) is 5.33. The molecule has 0 spiro atoms. The number of hydrogen-bond donors (Lipinski definition) is 3. The number of carbonyl (C=O) groups is 2. The predicted octanol–water partition coefficient (Wildman–Crippen LogP) is 3.98. The largest absolute Gasteiger partial charge is 0.389 e. The Morgan fingerprint density at radius 3 is 2.43 bits per heavy atom. The van der Waals surface area contributed by atoms with Gasteiger partial charge in [0.15, 0.2) is 0 Å². The highest BCUT2D eigenvalue weighted by molar-refractivity contribution is 6.00. The van der Waals surface area contributed by atoms with E-state index in [1.54, 1.807) is 29.6 Å². The number of benzene rings is 3. The number of aliphatic hydroxyl groups is 1. The maximum Gasteiger partial charge on any atom is 0.251 e. The summed E-state index contributed by atoms with van der Waals surface area (Å²) in [5.74, 6) is -0.245. The summed E-state index contributed by atoms with van der Waals surface area (Å²) < 4.78 is 1.86. The first kappa shape index (κ1) is 28.9. The van der Waals surface area contributed by atoms with Crippen LogP contribution in [0.2, 0.25) is 0 Å². The molecule has 1 aliphatic rings. The number of aliphatic hydroxyl groups excluding tert-OH is 1. The van der Waals surface area contributed by atoms with Crippen molar-refractivity contribution in [3.8, 4) is 0 Å². The predicted molar refractivity (Wildman–Crippen MR) is 165 cm³/mol. The summed E-state index contributed by atoms with van der Waals surface area (Å²) in [5, 5.41) is 20.1. The summed E-state index contributed by atoms with van der Waals surface area (Å²) in [6, 6.07) is 24.7. The fraction of sp³-hybridized carbons (Fsp3) is 0.303. The van der Waals surface area contributed by atoms with Gasteiger partial charge in [-0.05, 0) is 49.1 Å². The first-order valence-corrected chi connectivity index (χ1v) is 14.5. The van der Waals surface area contributed by atoms with Crippen molar-refractivity contribution in [3.05, 3.63) is 114 Å². The van der Waals surface area contributed by atoms with Crippen molar-refractivity contribution < 1.29 is 14.7 Å². The van der Waals surface area contributed by atoms with Crippen molar-refractivity contribution in [2.24, 2.45) is 0 Å². The molecule has 2 unspecified atom stereocenters. The van der Waals surface area contributed by atoms with Crippen molar-refractivity contribution in [1.29, 1.82) is 0 Å². The minimum atomic E-state index is -0.906. The molecule has 5 rings (SSSR count). The topological polar surface area (TPSA) is 103 Å². The zero-order valence-corrected chi connectivity index (χ0v) is 23.9. The van der Waals surface area contributed by atoms with Crippen LogP contribution < -0.4 is 20.5 Å². The van der Waals surface area contributed by atoms with E-state index in [0.29, 0.717) is 43.7 Å². The number of imidazole rings is 1. The summed E-state index contributed by atoms with van der Waals surface area (Å²) >= 11 is 0. The summed E-state index contributed by atoms with van der Waals surface area (Å²) in [6.07, 6.45) is 6.09. The third-order valence-electron chi connectivity index (χ3n) is 7.45. The summed E-state index contributed by atoms with van der Waals surface area (Å²) in [6.45, 7) is 4.11. The van der Waals surface area contributed by atoms with Gasteiger partial charge >= 0.3 is 0 Å². The van der Waals surface area contributed by atoms with E-state index >= 15 is 0 Å². The van der Waals surface area contributed by atoms with Crippen LogP contribution in [0, 0.1) is 0 Å². The molecule has 9 nitrogen and oxygen atoms in total. The molecule has 9 heteroatoms. The summed E-state index contributed by atoms with van der Waals surface area (Å²) in [4.78, 5) is 32.2. The first-order valence-electron chi connectivity index (χ1n) is 14.5. The van der Waals surface area contributed by atoms with Gasteiger partial charge in [0.2, 0.25) is 5.91 Å². The third-order valence-corrected chi connectivity index (χ3v) is 7.45. The quantitative estimate of drug-likeness (QED) is 0.226. The van der Waals surface area contributed by atoms with E-state index in [1.807, 2.05) is 89.5 Å². The van der Waals surface area contributed by atoms with Gasteiger partial charge in [-0.3, -0.25) is 14.3 Å². The average Bonchev–Trinajstić information content (AvgIpc) is 3.70. The Kier molecular flexibility index (Phi) is 9.51. The van der Waals surface area contributed by atoms with E-state index in [0.717, 1.165) is 23.2 Å². The molecule has 3 N–H and O–H groups in total. The molecular weight excluding hydrogens is 528 g/mol. The lowest BCUT2D eigenvalue weighted by Gasteiger charge is -2.32. The number of amides is 2. The Balaban J connectivity index is 1.40. The van der Waals surface area contributed by atoms with E-state index in [1.165, 1.54) is 0 Å². The van der Waals surface area contributed by atoms with Gasteiger partial charge in [-0.2, -0.15) is 0 Å². The average molecular weight is 567 g/mol. The SMILES string of the molecule is CCNc1cc(C(=O)NC(Cc2ccccc2)C(O)CN(Cc2ccccc2)n2ccnc2)cc(N2CCCC2=O)c1. The highest BCUT2D eigenvalue weighted by Crippen LogP contribution is 2.27. The van der Waals surface area contributed by atoms with Crippen LogP contribution >= 0.6 is 0 Å². The van der Waals surface area contributed by atoms with Gasteiger partial charge < -0.3 is 25.6 Å². The lowest BCUT2D eigenvalue weighted by atomic mass is 10.00. The summed E-state index contributed by atoms with van der Waals surface area (Å²) in [5.41, 5.74) is 4.00. The highest BCUT2D eigenvalue weighted by Gasteiger charge is 2.27. The minimum Gasteiger partial charge on any atom is -0.389 e. The van der Waals surface area contributed by atoms with Gasteiger partial charge in [0, 0.05) is 48.8 Å². The Labute approximate surface area is 246 Å². The van der Waals surface area contributed by atoms with Crippen LogP contribution in [-0.4, -0.2) is 58.4 Å². The lowest BCUT2D eigenvalue weighted by Crippen LogP contribution is -2.51. The van der Waals surface area contributed by atoms with Crippen molar-refractivity contribution in [2.75, 3.05) is 34.9 Å². The van der Waals surface area contributed by atoms with Crippen LogP contribution in [0.15, 0.2) is 97.6 Å². The number of hydrogen-bond acceptors (Lipinski definition) is 6. The second kappa shape index (κ2) is 13.8. The molecule has 1 fully saturated rings. The minimum absolute atomic E-state index is 0.0605. The number of carbonyl (C=O) groups excluding carboxylic acids is 2. The molecule has 1 saturated heterocycles. The van der Waals surface area contributed by atoms with Crippen molar-refractivity contribution >= 4 is 23.2 Å². The third kappa shape index (κ3) is 7.36. The van der Waals surface area contributed by atoms with Crippen LogP contribution in [0.25, 0.3) is 0 Å². The van der Waals surface area contributed by atoms with E-state index in [-0.39, 0.29) is 18.4 Å². The van der Waals surface area contributed by atoms with Gasteiger partial charge in [-0.15, -0.1) is 0 Å². The Hall–Kier alpha value is -4.63. The van der Waals surface area contributed by atoms with Crippen molar-refractivity contribution in [3.63, 3.8) is 0 Å². The Morgan fingerprint density at radius 2 is 1.79 bits per heavy atom. The molecule has 0 aliphatic carbocycles.